The number of hydrogen-bond donors (Lipinski definition) is 1. The van der Waals surface area contributed by atoms with Crippen molar-refractivity contribution in [3.8, 4) is 0 Å². The smallest absolute Gasteiger partial charge is 0.0490 e. The van der Waals surface area contributed by atoms with Gasteiger partial charge in [0.25, 0.3) is 0 Å². The minimum atomic E-state index is 0.797. The van der Waals surface area contributed by atoms with E-state index < -0.39 is 0 Å². The Morgan fingerprint density at radius 2 is 1.41 bits per heavy atom. The predicted molar refractivity (Wildman–Crippen MR) is 72.2 cm³/mol. The Labute approximate surface area is 107 Å². The lowest BCUT2D eigenvalue weighted by Crippen LogP contribution is -2.40. The minimum absolute atomic E-state index is 0.797. The molecule has 0 saturated heterocycles. The maximum Gasteiger partial charge on any atom is 0.0490 e. The van der Waals surface area contributed by atoms with E-state index >= 15 is 0 Å². The minimum Gasteiger partial charge on any atom is -0.384 e. The number of nitrogens with one attached hydrogen (secondary N) is 1. The maximum absolute atomic E-state index is 5.26. The molecule has 0 aromatic carbocycles. The van der Waals surface area contributed by atoms with Crippen molar-refractivity contribution < 1.29 is 4.74 Å². The summed E-state index contributed by atoms with van der Waals surface area (Å²) in [5.41, 5.74) is 0. The van der Waals surface area contributed by atoms with Gasteiger partial charge in [-0.15, -0.1) is 0 Å². The molecule has 0 bridgehead atoms. The maximum atomic E-state index is 5.26. The number of rotatable bonds is 4. The van der Waals surface area contributed by atoms with E-state index in [2.05, 4.69) is 5.32 Å². The van der Waals surface area contributed by atoms with Crippen molar-refractivity contribution >= 4 is 0 Å². The molecule has 2 rings (SSSR count). The van der Waals surface area contributed by atoms with E-state index in [0.717, 1.165) is 24.6 Å². The first kappa shape index (κ1) is 13.4. The van der Waals surface area contributed by atoms with Crippen LogP contribution in [0.4, 0.5) is 0 Å². The molecule has 0 unspecified atom stereocenters. The van der Waals surface area contributed by atoms with Gasteiger partial charge in [0.15, 0.2) is 0 Å². The lowest BCUT2D eigenvalue weighted by atomic mass is 9.86. The van der Waals surface area contributed by atoms with Crippen molar-refractivity contribution in [3.05, 3.63) is 0 Å². The Hall–Kier alpha value is -0.0800. The van der Waals surface area contributed by atoms with Crippen LogP contribution in [0.3, 0.4) is 0 Å². The van der Waals surface area contributed by atoms with E-state index in [9.17, 15) is 0 Å². The molecule has 100 valence electrons. The zero-order chi connectivity index (χ0) is 11.9. The third-order valence-corrected chi connectivity index (χ3v) is 4.58. The van der Waals surface area contributed by atoms with Crippen molar-refractivity contribution in [3.63, 3.8) is 0 Å². The van der Waals surface area contributed by atoms with Crippen molar-refractivity contribution in [1.82, 2.24) is 5.32 Å². The molecule has 0 heterocycles. The van der Waals surface area contributed by atoms with Crippen LogP contribution in [0.15, 0.2) is 0 Å². The highest BCUT2D eigenvalue weighted by Crippen LogP contribution is 2.26. The molecule has 0 amide bonds. The third kappa shape index (κ3) is 4.59. The Bertz CT molecular complexity index is 191. The Kier molecular flexibility index (Phi) is 5.79. The van der Waals surface area contributed by atoms with Gasteiger partial charge in [-0.3, -0.25) is 0 Å². The fourth-order valence-electron chi connectivity index (χ4n) is 3.51. The van der Waals surface area contributed by atoms with Gasteiger partial charge < -0.3 is 10.1 Å². The molecule has 0 aromatic rings. The van der Waals surface area contributed by atoms with Crippen molar-refractivity contribution in [2.75, 3.05) is 13.7 Å². The first-order valence-electron chi connectivity index (χ1n) is 7.63. The second-order valence-corrected chi connectivity index (χ2v) is 6.03. The van der Waals surface area contributed by atoms with Gasteiger partial charge in [-0.05, 0) is 44.4 Å². The molecule has 0 atom stereocenters. The van der Waals surface area contributed by atoms with Crippen LogP contribution in [0.25, 0.3) is 0 Å². The molecule has 0 radical (unpaired) electrons. The molecule has 17 heavy (non-hydrogen) atoms. The molecule has 0 aliphatic heterocycles. The van der Waals surface area contributed by atoms with Crippen LogP contribution in [0.1, 0.15) is 64.2 Å². The molecule has 1 N–H and O–H groups in total. The largest absolute Gasteiger partial charge is 0.384 e. The average molecular weight is 239 g/mol. The molecular weight excluding hydrogens is 210 g/mol. The predicted octanol–water partition coefficient (Wildman–Crippen LogP) is 3.50. The molecule has 2 aliphatic rings. The van der Waals surface area contributed by atoms with Gasteiger partial charge in [0.2, 0.25) is 0 Å². The molecule has 2 aliphatic carbocycles. The highest BCUT2D eigenvalue weighted by Gasteiger charge is 2.23. The van der Waals surface area contributed by atoms with E-state index in [1.807, 2.05) is 7.11 Å². The summed E-state index contributed by atoms with van der Waals surface area (Å²) in [7, 11) is 1.83. The quantitative estimate of drug-likeness (QED) is 0.758. The lowest BCUT2D eigenvalue weighted by molar-refractivity contribution is 0.122. The van der Waals surface area contributed by atoms with Crippen molar-refractivity contribution in [2.45, 2.75) is 76.3 Å². The summed E-state index contributed by atoms with van der Waals surface area (Å²) in [5, 5.41) is 3.92. The fraction of sp³-hybridized carbons (Fsp3) is 1.00. The van der Waals surface area contributed by atoms with Crippen LogP contribution in [-0.4, -0.2) is 25.8 Å². The first-order chi connectivity index (χ1) is 8.38. The van der Waals surface area contributed by atoms with E-state index in [1.54, 1.807) is 0 Å². The summed E-state index contributed by atoms with van der Waals surface area (Å²) in [5.74, 6) is 0.826. The Morgan fingerprint density at radius 1 is 0.824 bits per heavy atom. The first-order valence-corrected chi connectivity index (χ1v) is 7.63. The number of ether oxygens (including phenoxy) is 1. The Morgan fingerprint density at radius 3 is 2.00 bits per heavy atom. The van der Waals surface area contributed by atoms with E-state index in [1.165, 1.54) is 64.2 Å². The zero-order valence-electron chi connectivity index (χ0n) is 11.4. The highest BCUT2D eigenvalue weighted by atomic mass is 16.5. The van der Waals surface area contributed by atoms with E-state index in [4.69, 9.17) is 4.74 Å². The average Bonchev–Trinajstić information content (AvgIpc) is 2.61. The summed E-state index contributed by atoms with van der Waals surface area (Å²) < 4.78 is 5.26. The van der Waals surface area contributed by atoms with Crippen LogP contribution in [0.5, 0.6) is 0 Å². The van der Waals surface area contributed by atoms with Gasteiger partial charge >= 0.3 is 0 Å². The summed E-state index contributed by atoms with van der Waals surface area (Å²) in [6.07, 6.45) is 14.1. The normalized spacial score (nSPS) is 32.3. The molecule has 2 fully saturated rings. The van der Waals surface area contributed by atoms with Gasteiger partial charge in [-0.1, -0.05) is 25.7 Å². The molecular formula is C15H29NO. The number of hydrogen-bond acceptors (Lipinski definition) is 2. The second kappa shape index (κ2) is 7.38. The van der Waals surface area contributed by atoms with Gasteiger partial charge in [0.1, 0.15) is 0 Å². The zero-order valence-corrected chi connectivity index (χ0v) is 11.4. The second-order valence-electron chi connectivity index (χ2n) is 6.03. The summed E-state index contributed by atoms with van der Waals surface area (Å²) >= 11 is 0. The van der Waals surface area contributed by atoms with Crippen LogP contribution in [0, 0.1) is 5.92 Å². The van der Waals surface area contributed by atoms with Crippen molar-refractivity contribution in [2.24, 2.45) is 5.92 Å². The standard InChI is InChI=1S/C15H29NO/c1-17-12-13-8-10-15(11-9-13)16-14-6-4-2-3-5-7-14/h13-16H,2-12H2,1H3. The molecule has 2 nitrogen and oxygen atoms in total. The SMILES string of the molecule is COCC1CCC(NC2CCCCCC2)CC1. The summed E-state index contributed by atoms with van der Waals surface area (Å²) in [6.45, 7) is 0.968. The van der Waals surface area contributed by atoms with E-state index in [0.29, 0.717) is 0 Å². The van der Waals surface area contributed by atoms with Crippen LogP contribution in [0.2, 0.25) is 0 Å². The Balaban J connectivity index is 1.66. The highest BCUT2D eigenvalue weighted by molar-refractivity contribution is 4.81. The van der Waals surface area contributed by atoms with E-state index in [-0.39, 0.29) is 0 Å². The molecule has 2 heteroatoms. The van der Waals surface area contributed by atoms with Crippen LogP contribution < -0.4 is 5.32 Å². The van der Waals surface area contributed by atoms with Crippen LogP contribution >= 0.6 is 0 Å². The molecule has 0 spiro atoms. The van der Waals surface area contributed by atoms with Crippen molar-refractivity contribution in [1.29, 1.82) is 0 Å². The van der Waals surface area contributed by atoms with Crippen LogP contribution in [-0.2, 0) is 4.74 Å². The summed E-state index contributed by atoms with van der Waals surface area (Å²) in [4.78, 5) is 0. The molecule has 0 aromatic heterocycles. The fourth-order valence-corrected chi connectivity index (χ4v) is 3.51. The monoisotopic (exact) mass is 239 g/mol. The van der Waals surface area contributed by atoms with Gasteiger partial charge in [-0.25, -0.2) is 0 Å². The summed E-state index contributed by atoms with van der Waals surface area (Å²) in [6, 6.07) is 1.62. The third-order valence-electron chi connectivity index (χ3n) is 4.58. The number of methoxy groups -OCH3 is 1. The van der Waals surface area contributed by atoms with Gasteiger partial charge in [0.05, 0.1) is 0 Å². The molecule has 2 saturated carbocycles. The van der Waals surface area contributed by atoms with Gasteiger partial charge in [-0.2, -0.15) is 0 Å². The van der Waals surface area contributed by atoms with Gasteiger partial charge in [0, 0.05) is 25.8 Å². The lowest BCUT2D eigenvalue weighted by Gasteiger charge is -2.31. The topological polar surface area (TPSA) is 21.3 Å².